The predicted octanol–water partition coefficient (Wildman–Crippen LogP) is 1.99. The summed E-state index contributed by atoms with van der Waals surface area (Å²) in [6, 6.07) is 14.3. The van der Waals surface area contributed by atoms with E-state index in [0.29, 0.717) is 24.4 Å². The van der Waals surface area contributed by atoms with Gasteiger partial charge in [-0.05, 0) is 49.1 Å². The molecule has 0 bridgehead atoms. The molecule has 0 spiro atoms. The van der Waals surface area contributed by atoms with E-state index < -0.39 is 11.7 Å². The molecule has 5 rings (SSSR count). The molecule has 8 nitrogen and oxygen atoms in total. The number of carbonyl (C=O) groups is 2. The van der Waals surface area contributed by atoms with E-state index in [9.17, 15) is 14.7 Å². The van der Waals surface area contributed by atoms with Gasteiger partial charge in [-0.15, -0.1) is 0 Å². The monoisotopic (exact) mass is 506 g/mol. The van der Waals surface area contributed by atoms with Crippen LogP contribution in [0.3, 0.4) is 0 Å². The van der Waals surface area contributed by atoms with Gasteiger partial charge in [-0.2, -0.15) is 0 Å². The minimum absolute atomic E-state index is 0.102. The van der Waals surface area contributed by atoms with E-state index >= 15 is 0 Å². The Morgan fingerprint density at radius 3 is 2.51 bits per heavy atom. The van der Waals surface area contributed by atoms with E-state index in [1.54, 1.807) is 9.80 Å². The summed E-state index contributed by atoms with van der Waals surface area (Å²) in [5, 5.41) is 11.0. The van der Waals surface area contributed by atoms with Crippen LogP contribution in [0, 0.1) is 0 Å². The molecule has 3 heterocycles. The summed E-state index contributed by atoms with van der Waals surface area (Å²) in [6.45, 7) is 10.8. The van der Waals surface area contributed by atoms with Gasteiger partial charge in [0.1, 0.15) is 11.4 Å². The van der Waals surface area contributed by atoms with Crippen LogP contribution in [0.2, 0.25) is 0 Å². The van der Waals surface area contributed by atoms with Crippen LogP contribution in [-0.2, 0) is 24.3 Å². The van der Waals surface area contributed by atoms with Crippen molar-refractivity contribution in [3.63, 3.8) is 0 Å². The van der Waals surface area contributed by atoms with Crippen LogP contribution < -0.4 is 4.74 Å². The van der Waals surface area contributed by atoms with Gasteiger partial charge in [0.15, 0.2) is 0 Å². The number of amides is 2. The van der Waals surface area contributed by atoms with Gasteiger partial charge in [0.2, 0.25) is 6.41 Å². The number of fused-ring (bicyclic) bond motifs is 2. The fourth-order valence-electron chi connectivity index (χ4n) is 5.71. The third-order valence-corrected chi connectivity index (χ3v) is 7.59. The molecule has 0 aliphatic carbocycles. The number of nitrogens with zero attached hydrogens (tertiary/aromatic N) is 4. The number of β-amino-alcohol motifs (C(OH)–C–C–N with tert-alkyl or cyclic N) is 1. The first-order chi connectivity index (χ1) is 17.8. The summed E-state index contributed by atoms with van der Waals surface area (Å²) < 4.78 is 6.35. The molecule has 1 atom stereocenters. The number of aliphatic hydroxyl groups is 1. The lowest BCUT2D eigenvalue weighted by molar-refractivity contribution is -0.119. The minimum Gasteiger partial charge on any atom is -0.485 e. The Labute approximate surface area is 219 Å². The molecule has 1 unspecified atom stereocenters. The zero-order valence-electron chi connectivity index (χ0n) is 21.9. The van der Waals surface area contributed by atoms with Crippen LogP contribution in [0.15, 0.2) is 42.5 Å². The number of piperazine rings is 1. The lowest BCUT2D eigenvalue weighted by Crippen LogP contribution is -2.48. The van der Waals surface area contributed by atoms with Crippen LogP contribution in [0.25, 0.3) is 0 Å². The Morgan fingerprint density at radius 1 is 1.00 bits per heavy atom. The molecule has 198 valence electrons. The number of rotatable bonds is 7. The van der Waals surface area contributed by atoms with Gasteiger partial charge < -0.3 is 19.6 Å². The molecule has 37 heavy (non-hydrogen) atoms. The summed E-state index contributed by atoms with van der Waals surface area (Å²) in [5.74, 6) is 0.499. The molecule has 0 radical (unpaired) electrons. The highest BCUT2D eigenvalue weighted by Gasteiger charge is 2.35. The number of hydrogen-bond donors (Lipinski definition) is 1. The highest BCUT2D eigenvalue weighted by Crippen LogP contribution is 2.31. The summed E-state index contributed by atoms with van der Waals surface area (Å²) in [6.07, 6.45) is 1.25. The quantitative estimate of drug-likeness (QED) is 0.579. The van der Waals surface area contributed by atoms with Crippen molar-refractivity contribution in [1.29, 1.82) is 0 Å². The van der Waals surface area contributed by atoms with Crippen molar-refractivity contribution in [3.8, 4) is 5.75 Å². The SMILES string of the molecule is CC1(C)CN(CC(O)CN2CCc3ccccc3C2)C(=O)c2ccc(CN3CCN(C=O)CC3)cc2O1. The van der Waals surface area contributed by atoms with Gasteiger partial charge in [-0.1, -0.05) is 30.3 Å². The molecular weight excluding hydrogens is 468 g/mol. The molecule has 2 aromatic rings. The molecule has 1 fully saturated rings. The normalized spacial score (nSPS) is 21.0. The summed E-state index contributed by atoms with van der Waals surface area (Å²) in [7, 11) is 0. The van der Waals surface area contributed by atoms with E-state index in [0.717, 1.165) is 64.2 Å². The number of ether oxygens (including phenoxy) is 1. The smallest absolute Gasteiger partial charge is 0.257 e. The van der Waals surface area contributed by atoms with Crippen LogP contribution in [-0.4, -0.2) is 101 Å². The van der Waals surface area contributed by atoms with Gasteiger partial charge in [0.25, 0.3) is 5.91 Å². The first-order valence-corrected chi connectivity index (χ1v) is 13.3. The van der Waals surface area contributed by atoms with Crippen molar-refractivity contribution in [2.45, 2.75) is 45.1 Å². The number of carbonyl (C=O) groups excluding carboxylic acids is 2. The molecule has 2 amide bonds. The Kier molecular flexibility index (Phi) is 7.51. The van der Waals surface area contributed by atoms with E-state index in [4.69, 9.17) is 4.74 Å². The lowest BCUT2D eigenvalue weighted by Gasteiger charge is -2.34. The fourth-order valence-corrected chi connectivity index (χ4v) is 5.71. The Bertz CT molecular complexity index is 1130. The van der Waals surface area contributed by atoms with E-state index in [2.05, 4.69) is 34.1 Å². The van der Waals surface area contributed by atoms with Gasteiger partial charge in [-0.25, -0.2) is 0 Å². The second-order valence-corrected chi connectivity index (χ2v) is 11.2. The molecule has 1 N–H and O–H groups in total. The van der Waals surface area contributed by atoms with Crippen molar-refractivity contribution in [3.05, 3.63) is 64.7 Å². The van der Waals surface area contributed by atoms with Gasteiger partial charge in [0.05, 0.1) is 18.2 Å². The van der Waals surface area contributed by atoms with Crippen molar-refractivity contribution < 1.29 is 19.4 Å². The predicted molar refractivity (Wildman–Crippen MR) is 141 cm³/mol. The zero-order chi connectivity index (χ0) is 26.0. The van der Waals surface area contributed by atoms with Gasteiger partial charge >= 0.3 is 0 Å². The first kappa shape index (κ1) is 25.7. The summed E-state index contributed by atoms with van der Waals surface area (Å²) in [5.41, 5.74) is 3.74. The standard InChI is InChI=1S/C29H38N4O4/c1-29(2)20-33(19-25(35)18-32-10-9-23-5-3-4-6-24(23)17-32)28(36)26-8-7-22(15-27(26)37-29)16-30-11-13-31(21-34)14-12-30/h3-8,15,21,25,35H,9-14,16-20H2,1-2H3. The molecular formula is C29H38N4O4. The van der Waals surface area contributed by atoms with Crippen molar-refractivity contribution >= 4 is 12.3 Å². The Balaban J connectivity index is 1.24. The van der Waals surface area contributed by atoms with Crippen LogP contribution in [0.4, 0.5) is 0 Å². The molecule has 8 heteroatoms. The molecule has 2 aromatic carbocycles. The minimum atomic E-state index is -0.643. The third kappa shape index (κ3) is 6.14. The van der Waals surface area contributed by atoms with Crippen LogP contribution in [0.1, 0.15) is 40.9 Å². The lowest BCUT2D eigenvalue weighted by atomic mass is 9.99. The van der Waals surface area contributed by atoms with Gasteiger partial charge in [-0.3, -0.25) is 19.4 Å². The molecule has 0 aromatic heterocycles. The largest absolute Gasteiger partial charge is 0.485 e. The maximum absolute atomic E-state index is 13.6. The summed E-state index contributed by atoms with van der Waals surface area (Å²) in [4.78, 5) is 32.7. The Hall–Kier alpha value is -2.94. The highest BCUT2D eigenvalue weighted by molar-refractivity contribution is 5.97. The second-order valence-electron chi connectivity index (χ2n) is 11.2. The maximum atomic E-state index is 13.6. The van der Waals surface area contributed by atoms with Crippen LogP contribution in [0.5, 0.6) is 5.75 Å². The second kappa shape index (κ2) is 10.8. The average Bonchev–Trinajstić information content (AvgIpc) is 2.97. The topological polar surface area (TPSA) is 76.6 Å². The van der Waals surface area contributed by atoms with E-state index in [1.165, 1.54) is 11.1 Å². The highest BCUT2D eigenvalue weighted by atomic mass is 16.5. The van der Waals surface area contributed by atoms with Crippen molar-refractivity contribution in [2.75, 3.05) is 52.4 Å². The number of benzene rings is 2. The molecule has 0 saturated carbocycles. The molecule has 1 saturated heterocycles. The van der Waals surface area contributed by atoms with E-state index in [-0.39, 0.29) is 12.5 Å². The third-order valence-electron chi connectivity index (χ3n) is 7.59. The number of aliphatic hydroxyl groups excluding tert-OH is 1. The number of hydrogen-bond acceptors (Lipinski definition) is 6. The first-order valence-electron chi connectivity index (χ1n) is 13.3. The fraction of sp³-hybridized carbons (Fsp3) is 0.517. The van der Waals surface area contributed by atoms with Crippen molar-refractivity contribution in [2.24, 2.45) is 0 Å². The zero-order valence-corrected chi connectivity index (χ0v) is 21.9. The average molecular weight is 507 g/mol. The molecule has 3 aliphatic heterocycles. The molecule has 3 aliphatic rings. The maximum Gasteiger partial charge on any atom is 0.257 e. The van der Waals surface area contributed by atoms with Gasteiger partial charge in [0, 0.05) is 58.9 Å². The summed E-state index contributed by atoms with van der Waals surface area (Å²) >= 11 is 0. The van der Waals surface area contributed by atoms with Crippen LogP contribution >= 0.6 is 0 Å². The Morgan fingerprint density at radius 2 is 1.76 bits per heavy atom. The van der Waals surface area contributed by atoms with E-state index in [1.807, 2.05) is 32.0 Å². The van der Waals surface area contributed by atoms with Crippen molar-refractivity contribution in [1.82, 2.24) is 19.6 Å².